The van der Waals surface area contributed by atoms with Crippen LogP contribution in [0.5, 0.6) is 0 Å². The fourth-order valence-corrected chi connectivity index (χ4v) is 5.12. The third kappa shape index (κ3) is 6.15. The van der Waals surface area contributed by atoms with Gasteiger partial charge in [0, 0.05) is 0 Å². The van der Waals surface area contributed by atoms with Crippen molar-refractivity contribution in [3.63, 3.8) is 0 Å². The van der Waals surface area contributed by atoms with Crippen LogP contribution >= 0.6 is 0 Å². The normalized spacial score (nSPS) is 14.3. The lowest BCUT2D eigenvalue weighted by Gasteiger charge is -2.23. The van der Waals surface area contributed by atoms with Crippen LogP contribution < -0.4 is 0 Å². The van der Waals surface area contributed by atoms with E-state index in [0.717, 1.165) is 0 Å². The van der Waals surface area contributed by atoms with Gasteiger partial charge in [-0.1, -0.05) is 82.1 Å². The molecule has 0 saturated carbocycles. The molecule has 2 heteroatoms. The zero-order valence-corrected chi connectivity index (χ0v) is 13.4. The predicted octanol–water partition coefficient (Wildman–Crippen LogP) is 5.02. The highest BCUT2D eigenvalue weighted by molar-refractivity contribution is 6.84. The second kappa shape index (κ2) is 6.49. The van der Waals surface area contributed by atoms with Crippen molar-refractivity contribution in [2.45, 2.75) is 58.5 Å². The molecule has 0 aromatic heterocycles. The van der Waals surface area contributed by atoms with Crippen molar-refractivity contribution in [2.24, 2.45) is 0 Å². The smallest absolute Gasteiger partial charge is 0.0770 e. The summed E-state index contributed by atoms with van der Waals surface area (Å²) in [7, 11) is -2.03. The van der Waals surface area contributed by atoms with Gasteiger partial charge in [0.2, 0.25) is 0 Å². The Balaban J connectivity index is 4.43. The molecule has 0 nitrogen and oxygen atoms in total. The molecule has 0 aliphatic rings. The van der Waals surface area contributed by atoms with E-state index in [2.05, 4.69) is 64.0 Å². The maximum atomic E-state index is 2.55. The van der Waals surface area contributed by atoms with Crippen LogP contribution in [0.25, 0.3) is 0 Å². The van der Waals surface area contributed by atoms with Gasteiger partial charge in [-0.3, -0.25) is 0 Å². The summed E-state index contributed by atoms with van der Waals surface area (Å²) in [6.45, 7) is 14.2. The minimum atomic E-state index is -1.03. The minimum Gasteiger partial charge on any atom is -0.0950 e. The maximum Gasteiger partial charge on any atom is 0.0770 e. The van der Waals surface area contributed by atoms with Gasteiger partial charge >= 0.3 is 0 Å². The van der Waals surface area contributed by atoms with Crippen LogP contribution in [0.3, 0.4) is 0 Å². The molecule has 0 N–H and O–H groups in total. The standard InChI is InChI=1S/C13H28Si2/c1-7-15(8-2,9-3)13-11-10-12-14(4,5)6/h10-13H,7-9H2,1-6H3/b12-10+,13-11-. The van der Waals surface area contributed by atoms with E-state index in [1.54, 1.807) is 0 Å². The Labute approximate surface area is 98.5 Å². The summed E-state index contributed by atoms with van der Waals surface area (Å²) in [5, 5.41) is 0. The van der Waals surface area contributed by atoms with Crippen molar-refractivity contribution >= 4 is 16.1 Å². The van der Waals surface area contributed by atoms with Gasteiger partial charge in [-0.15, -0.1) is 0 Å². The van der Waals surface area contributed by atoms with Gasteiger partial charge < -0.3 is 0 Å². The Kier molecular flexibility index (Phi) is 6.45. The molecule has 0 aliphatic carbocycles. The number of hydrogen-bond acceptors (Lipinski definition) is 0. The zero-order valence-electron chi connectivity index (χ0n) is 11.4. The van der Waals surface area contributed by atoms with Crippen molar-refractivity contribution < 1.29 is 0 Å². The fraction of sp³-hybridized carbons (Fsp3) is 0.692. The number of hydrogen-bond donors (Lipinski definition) is 0. The van der Waals surface area contributed by atoms with Crippen molar-refractivity contribution in [3.8, 4) is 0 Å². The van der Waals surface area contributed by atoms with Crippen molar-refractivity contribution in [1.82, 2.24) is 0 Å². The Hall–Kier alpha value is -0.0862. The average Bonchev–Trinajstić information content (AvgIpc) is 2.18. The summed E-state index contributed by atoms with van der Waals surface area (Å²) in [5.74, 6) is 0. The average molecular weight is 241 g/mol. The molecular weight excluding hydrogens is 212 g/mol. The molecule has 0 rings (SSSR count). The first-order chi connectivity index (χ1) is 6.89. The lowest BCUT2D eigenvalue weighted by atomic mass is 10.6. The van der Waals surface area contributed by atoms with Crippen LogP contribution in [-0.4, -0.2) is 16.1 Å². The molecule has 0 radical (unpaired) electrons. The van der Waals surface area contributed by atoms with Crippen molar-refractivity contribution in [1.29, 1.82) is 0 Å². The molecule has 88 valence electrons. The summed E-state index contributed by atoms with van der Waals surface area (Å²) < 4.78 is 0. The molecule has 0 amide bonds. The lowest BCUT2D eigenvalue weighted by Crippen LogP contribution is -2.28. The van der Waals surface area contributed by atoms with E-state index in [1.165, 1.54) is 18.1 Å². The Bertz CT molecular complexity index is 209. The van der Waals surface area contributed by atoms with Crippen molar-refractivity contribution in [2.75, 3.05) is 0 Å². The lowest BCUT2D eigenvalue weighted by molar-refractivity contribution is 1.19. The molecule has 0 spiro atoms. The molecule has 0 saturated heterocycles. The van der Waals surface area contributed by atoms with Crippen LogP contribution in [0.1, 0.15) is 20.8 Å². The third-order valence-electron chi connectivity index (χ3n) is 3.27. The molecule has 0 atom stereocenters. The Morgan fingerprint density at radius 1 is 0.733 bits per heavy atom. The van der Waals surface area contributed by atoms with E-state index < -0.39 is 16.1 Å². The van der Waals surface area contributed by atoms with Crippen LogP contribution in [0.4, 0.5) is 0 Å². The first-order valence-electron chi connectivity index (χ1n) is 6.26. The van der Waals surface area contributed by atoms with Gasteiger partial charge in [0.25, 0.3) is 0 Å². The second-order valence-electron chi connectivity index (χ2n) is 5.51. The quantitative estimate of drug-likeness (QED) is 0.451. The Morgan fingerprint density at radius 3 is 1.47 bits per heavy atom. The van der Waals surface area contributed by atoms with Crippen molar-refractivity contribution in [3.05, 3.63) is 23.6 Å². The van der Waals surface area contributed by atoms with Crippen LogP contribution in [0.15, 0.2) is 23.6 Å². The molecule has 0 bridgehead atoms. The van der Waals surface area contributed by atoms with E-state index >= 15 is 0 Å². The van der Waals surface area contributed by atoms with Gasteiger partial charge in [-0.05, 0) is 0 Å². The molecule has 0 fully saturated rings. The fourth-order valence-electron chi connectivity index (χ4n) is 1.71. The van der Waals surface area contributed by atoms with Crippen LogP contribution in [0.2, 0.25) is 37.8 Å². The summed E-state index contributed by atoms with van der Waals surface area (Å²) in [4.78, 5) is 0. The highest BCUT2D eigenvalue weighted by Gasteiger charge is 2.22. The highest BCUT2D eigenvalue weighted by Crippen LogP contribution is 2.21. The van der Waals surface area contributed by atoms with Crippen LogP contribution in [-0.2, 0) is 0 Å². The molecular formula is C13H28Si2. The molecule has 0 aromatic rings. The predicted molar refractivity (Wildman–Crippen MR) is 78.8 cm³/mol. The summed E-state index contributed by atoms with van der Waals surface area (Å²) in [6, 6.07) is 4.16. The number of rotatable bonds is 6. The first-order valence-corrected chi connectivity index (χ1v) is 12.5. The monoisotopic (exact) mass is 240 g/mol. The van der Waals surface area contributed by atoms with Crippen LogP contribution in [0, 0.1) is 0 Å². The largest absolute Gasteiger partial charge is 0.0950 e. The highest BCUT2D eigenvalue weighted by atomic mass is 28.3. The van der Waals surface area contributed by atoms with Gasteiger partial charge in [0.1, 0.15) is 0 Å². The molecule has 15 heavy (non-hydrogen) atoms. The molecule has 0 aliphatic heterocycles. The van der Waals surface area contributed by atoms with E-state index in [-0.39, 0.29) is 0 Å². The molecule has 0 unspecified atom stereocenters. The molecule has 0 heterocycles. The van der Waals surface area contributed by atoms with E-state index in [4.69, 9.17) is 0 Å². The number of allylic oxidation sites excluding steroid dienone is 2. The minimum absolute atomic E-state index is 1.00. The Morgan fingerprint density at radius 2 is 1.13 bits per heavy atom. The first kappa shape index (κ1) is 14.9. The molecule has 0 aromatic carbocycles. The maximum absolute atomic E-state index is 2.55. The van der Waals surface area contributed by atoms with E-state index in [0.29, 0.717) is 0 Å². The summed E-state index contributed by atoms with van der Waals surface area (Å²) in [5.41, 5.74) is 4.97. The van der Waals surface area contributed by atoms with Gasteiger partial charge in [0.15, 0.2) is 0 Å². The second-order valence-corrected chi connectivity index (χ2v) is 15.8. The topological polar surface area (TPSA) is 0 Å². The zero-order chi connectivity index (χ0) is 11.9. The third-order valence-corrected chi connectivity index (χ3v) is 9.59. The van der Waals surface area contributed by atoms with Gasteiger partial charge in [-0.25, -0.2) is 0 Å². The summed E-state index contributed by atoms with van der Waals surface area (Å²) >= 11 is 0. The van der Waals surface area contributed by atoms with Gasteiger partial charge in [-0.2, -0.15) is 0 Å². The summed E-state index contributed by atoms with van der Waals surface area (Å²) in [6.07, 6.45) is 4.61. The van der Waals surface area contributed by atoms with E-state index in [9.17, 15) is 0 Å². The van der Waals surface area contributed by atoms with E-state index in [1.807, 2.05) is 0 Å². The van der Waals surface area contributed by atoms with Gasteiger partial charge in [0.05, 0.1) is 16.1 Å². The SMILES string of the molecule is CC[Si](/C=C\C=C\[Si](C)(C)C)(CC)CC.